The lowest BCUT2D eigenvalue weighted by atomic mass is 9.94. The quantitative estimate of drug-likeness (QED) is 0.408. The predicted octanol–water partition coefficient (Wildman–Crippen LogP) is 5.42. The van der Waals surface area contributed by atoms with Crippen molar-refractivity contribution in [3.8, 4) is 17.6 Å². The van der Waals surface area contributed by atoms with Gasteiger partial charge in [-0.25, -0.2) is 0 Å². The molecule has 25 heavy (non-hydrogen) atoms. The molecule has 0 spiro atoms. The van der Waals surface area contributed by atoms with Gasteiger partial charge < -0.3 is 13.9 Å². The van der Waals surface area contributed by atoms with E-state index in [0.29, 0.717) is 6.61 Å². The minimum absolute atomic E-state index is 0.177. The zero-order chi connectivity index (χ0) is 18.9. The van der Waals surface area contributed by atoms with E-state index in [1.165, 1.54) is 0 Å². The molecule has 0 bridgehead atoms. The maximum Gasteiger partial charge on any atom is 0.192 e. The molecule has 0 aliphatic carbocycles. The molecule has 0 unspecified atom stereocenters. The summed E-state index contributed by atoms with van der Waals surface area (Å²) in [6.07, 6.45) is 0.557. The van der Waals surface area contributed by atoms with Gasteiger partial charge in [-0.05, 0) is 55.2 Å². The zero-order valence-electron chi connectivity index (χ0n) is 16.9. The third-order valence-electron chi connectivity index (χ3n) is 5.33. The molecule has 0 fully saturated rings. The lowest BCUT2D eigenvalue weighted by Crippen LogP contribution is -2.40. The molecule has 0 saturated heterocycles. The van der Waals surface area contributed by atoms with E-state index in [1.54, 1.807) is 7.11 Å². The van der Waals surface area contributed by atoms with Crippen molar-refractivity contribution in [3.63, 3.8) is 0 Å². The highest BCUT2D eigenvalue weighted by Crippen LogP contribution is 2.44. The van der Waals surface area contributed by atoms with Crippen LogP contribution in [0.3, 0.4) is 0 Å². The fraction of sp³-hybridized carbons (Fsp3) is 0.619. The van der Waals surface area contributed by atoms with E-state index in [0.717, 1.165) is 23.3 Å². The van der Waals surface area contributed by atoms with Crippen LogP contribution >= 0.6 is 0 Å². The first-order valence-corrected chi connectivity index (χ1v) is 11.9. The fourth-order valence-electron chi connectivity index (χ4n) is 2.68. The number of fused-ring (bicyclic) bond motifs is 1. The molecule has 0 aromatic heterocycles. The number of benzene rings is 1. The largest absolute Gasteiger partial charge is 0.497 e. The predicted molar refractivity (Wildman–Crippen MR) is 105 cm³/mol. The Morgan fingerprint density at radius 1 is 1.24 bits per heavy atom. The van der Waals surface area contributed by atoms with E-state index in [9.17, 15) is 0 Å². The highest BCUT2D eigenvalue weighted by Gasteiger charge is 2.38. The number of hydrogen-bond acceptors (Lipinski definition) is 3. The number of rotatable bonds is 4. The van der Waals surface area contributed by atoms with Gasteiger partial charge >= 0.3 is 0 Å². The van der Waals surface area contributed by atoms with Gasteiger partial charge in [0, 0.05) is 13.0 Å². The van der Waals surface area contributed by atoms with Gasteiger partial charge in [-0.15, -0.1) is 0 Å². The van der Waals surface area contributed by atoms with E-state index in [-0.39, 0.29) is 16.7 Å². The number of methoxy groups -OCH3 is 1. The van der Waals surface area contributed by atoms with Gasteiger partial charge in [0.05, 0.1) is 12.7 Å². The Kier molecular flexibility index (Phi) is 5.73. The van der Waals surface area contributed by atoms with Crippen LogP contribution in [0.2, 0.25) is 18.1 Å². The second-order valence-corrected chi connectivity index (χ2v) is 13.5. The van der Waals surface area contributed by atoms with E-state index < -0.39 is 8.32 Å². The monoisotopic (exact) mass is 360 g/mol. The van der Waals surface area contributed by atoms with Crippen molar-refractivity contribution < 1.29 is 13.9 Å². The first kappa shape index (κ1) is 20.0. The molecule has 0 radical (unpaired) electrons. The van der Waals surface area contributed by atoms with Crippen LogP contribution in [0.25, 0.3) is 0 Å². The molecule has 138 valence electrons. The summed E-state index contributed by atoms with van der Waals surface area (Å²) in [5, 5.41) is 0.233. The Labute approximate surface area is 154 Å². The van der Waals surface area contributed by atoms with Gasteiger partial charge in [0.1, 0.15) is 11.9 Å². The fourth-order valence-corrected chi connectivity index (χ4v) is 3.73. The van der Waals surface area contributed by atoms with Crippen molar-refractivity contribution in [2.24, 2.45) is 0 Å². The Bertz CT molecular complexity index is 675. The summed E-state index contributed by atoms with van der Waals surface area (Å²) in [4.78, 5) is 0. The third-order valence-corrected chi connectivity index (χ3v) is 9.87. The normalized spacial score (nSPS) is 19.1. The van der Waals surface area contributed by atoms with Crippen molar-refractivity contribution in [2.45, 2.75) is 70.9 Å². The number of hydrogen-bond donors (Lipinski definition) is 0. The SMILES string of the molecule is COc1ccc2c(c1)C(C)(C)O[C@@H]2C#CCCO[Si](C)(C)C(C)(C)C. The zero-order valence-corrected chi connectivity index (χ0v) is 17.9. The number of ether oxygens (including phenoxy) is 2. The topological polar surface area (TPSA) is 27.7 Å². The molecule has 4 heteroatoms. The first-order chi connectivity index (χ1) is 11.5. The summed E-state index contributed by atoms with van der Waals surface area (Å²) in [6, 6.07) is 6.09. The average Bonchev–Trinajstić information content (AvgIpc) is 2.76. The molecular formula is C21H32O3Si. The van der Waals surface area contributed by atoms with Gasteiger partial charge in [0.2, 0.25) is 0 Å². The Hall–Kier alpha value is -1.28. The first-order valence-electron chi connectivity index (χ1n) is 8.96. The molecule has 1 aliphatic rings. The maximum absolute atomic E-state index is 6.18. The highest BCUT2D eigenvalue weighted by molar-refractivity contribution is 6.74. The van der Waals surface area contributed by atoms with Crippen LogP contribution in [-0.4, -0.2) is 22.0 Å². The molecule has 1 aromatic carbocycles. The van der Waals surface area contributed by atoms with E-state index >= 15 is 0 Å². The minimum atomic E-state index is -1.69. The van der Waals surface area contributed by atoms with E-state index in [1.807, 2.05) is 6.07 Å². The molecule has 0 saturated carbocycles. The van der Waals surface area contributed by atoms with Crippen molar-refractivity contribution in [3.05, 3.63) is 29.3 Å². The van der Waals surface area contributed by atoms with Gasteiger partial charge in [0.25, 0.3) is 0 Å². The van der Waals surface area contributed by atoms with Crippen LogP contribution in [0.15, 0.2) is 18.2 Å². The van der Waals surface area contributed by atoms with Crippen LogP contribution in [-0.2, 0) is 14.8 Å². The second-order valence-electron chi connectivity index (χ2n) is 8.64. The Balaban J connectivity index is 2.01. The molecule has 3 nitrogen and oxygen atoms in total. The van der Waals surface area contributed by atoms with Crippen molar-refractivity contribution in [1.29, 1.82) is 0 Å². The van der Waals surface area contributed by atoms with Crippen molar-refractivity contribution in [1.82, 2.24) is 0 Å². The van der Waals surface area contributed by atoms with Gasteiger partial charge in [-0.2, -0.15) is 0 Å². The van der Waals surface area contributed by atoms with E-state index in [2.05, 4.69) is 71.7 Å². The van der Waals surface area contributed by atoms with E-state index in [4.69, 9.17) is 13.9 Å². The van der Waals surface area contributed by atoms with Crippen molar-refractivity contribution in [2.75, 3.05) is 13.7 Å². The smallest absolute Gasteiger partial charge is 0.192 e. The third kappa shape index (κ3) is 4.47. The van der Waals surface area contributed by atoms with Crippen LogP contribution in [0.5, 0.6) is 5.75 Å². The molecular weight excluding hydrogens is 328 g/mol. The lowest BCUT2D eigenvalue weighted by Gasteiger charge is -2.35. The molecule has 1 aromatic rings. The molecule has 1 heterocycles. The maximum atomic E-state index is 6.18. The molecule has 2 rings (SSSR count). The molecule has 1 aliphatic heterocycles. The second kappa shape index (κ2) is 7.15. The molecule has 1 atom stereocenters. The van der Waals surface area contributed by atoms with Gasteiger partial charge in [0.15, 0.2) is 8.32 Å². The van der Waals surface area contributed by atoms with Gasteiger partial charge in [-0.1, -0.05) is 38.7 Å². The average molecular weight is 361 g/mol. The lowest BCUT2D eigenvalue weighted by molar-refractivity contribution is -0.0268. The summed E-state index contributed by atoms with van der Waals surface area (Å²) in [5.74, 6) is 7.38. The summed E-state index contributed by atoms with van der Waals surface area (Å²) < 4.78 is 17.7. The molecule has 0 amide bonds. The summed E-state index contributed by atoms with van der Waals surface area (Å²) in [6.45, 7) is 16.1. The van der Waals surface area contributed by atoms with Crippen molar-refractivity contribution >= 4 is 8.32 Å². The van der Waals surface area contributed by atoms with Crippen LogP contribution < -0.4 is 4.74 Å². The Morgan fingerprint density at radius 2 is 1.92 bits per heavy atom. The summed E-state index contributed by atoms with van der Waals surface area (Å²) in [5.41, 5.74) is 1.95. The van der Waals surface area contributed by atoms with Crippen LogP contribution in [0.4, 0.5) is 0 Å². The summed E-state index contributed by atoms with van der Waals surface area (Å²) in [7, 11) is -0.00580. The molecule has 0 N–H and O–H groups in total. The Morgan fingerprint density at radius 3 is 2.52 bits per heavy atom. The highest BCUT2D eigenvalue weighted by atomic mass is 28.4. The minimum Gasteiger partial charge on any atom is -0.497 e. The van der Waals surface area contributed by atoms with Gasteiger partial charge in [-0.3, -0.25) is 0 Å². The summed E-state index contributed by atoms with van der Waals surface area (Å²) >= 11 is 0. The standard InChI is InChI=1S/C21H32O3Si/c1-20(2,3)25(7,8)23-14-10-9-11-19-17-13-12-16(22-6)15-18(17)21(4,5)24-19/h12-13,15,19H,10,14H2,1-8H3/t19-/m1/s1. The van der Waals surface area contributed by atoms with Crippen LogP contribution in [0.1, 0.15) is 58.3 Å². The van der Waals surface area contributed by atoms with Crippen LogP contribution in [0, 0.1) is 11.8 Å².